The number of hydrogen-bond donors (Lipinski definition) is 1. The van der Waals surface area contributed by atoms with Crippen LogP contribution in [0.1, 0.15) is 20.3 Å². The van der Waals surface area contributed by atoms with Gasteiger partial charge in [-0.25, -0.2) is 0 Å². The van der Waals surface area contributed by atoms with Gasteiger partial charge in [-0.2, -0.15) is 0 Å². The van der Waals surface area contributed by atoms with Crippen molar-refractivity contribution in [2.45, 2.75) is 38.6 Å². The highest BCUT2D eigenvalue weighted by Crippen LogP contribution is 2.00. The minimum absolute atomic E-state index is 0.0166. The molecule has 3 unspecified atom stereocenters. The monoisotopic (exact) mass is 294 g/mol. The number of ether oxygens (including phenoxy) is 5. The Morgan fingerprint density at radius 2 is 1.60 bits per heavy atom. The highest BCUT2D eigenvalue weighted by molar-refractivity contribution is 4.58. The van der Waals surface area contributed by atoms with Crippen molar-refractivity contribution in [1.29, 1.82) is 0 Å². The van der Waals surface area contributed by atoms with E-state index < -0.39 is 0 Å². The van der Waals surface area contributed by atoms with Crippen molar-refractivity contribution in [3.05, 3.63) is 0 Å². The molecule has 0 amide bonds. The van der Waals surface area contributed by atoms with Crippen molar-refractivity contribution in [2.75, 3.05) is 53.9 Å². The molecule has 0 heterocycles. The molecular formula is C14H30O6. The SMILES string of the molecule is COCCCOCC(COC(C)COC(C)CO)OC. The quantitative estimate of drug-likeness (QED) is 0.479. The fourth-order valence-electron chi connectivity index (χ4n) is 1.38. The maximum absolute atomic E-state index is 8.85. The summed E-state index contributed by atoms with van der Waals surface area (Å²) in [5, 5.41) is 8.85. The first-order valence-corrected chi connectivity index (χ1v) is 7.07. The van der Waals surface area contributed by atoms with Gasteiger partial charge in [-0.1, -0.05) is 0 Å². The summed E-state index contributed by atoms with van der Waals surface area (Å²) in [5.41, 5.74) is 0. The Morgan fingerprint density at radius 1 is 0.900 bits per heavy atom. The second-order valence-electron chi connectivity index (χ2n) is 4.75. The van der Waals surface area contributed by atoms with Gasteiger partial charge in [0.1, 0.15) is 6.10 Å². The van der Waals surface area contributed by atoms with Gasteiger partial charge in [0.05, 0.1) is 38.6 Å². The van der Waals surface area contributed by atoms with Crippen LogP contribution < -0.4 is 0 Å². The van der Waals surface area contributed by atoms with Crippen molar-refractivity contribution >= 4 is 0 Å². The lowest BCUT2D eigenvalue weighted by Crippen LogP contribution is -2.29. The van der Waals surface area contributed by atoms with Gasteiger partial charge in [0, 0.05) is 27.4 Å². The van der Waals surface area contributed by atoms with Gasteiger partial charge in [0.15, 0.2) is 0 Å². The number of rotatable bonds is 14. The lowest BCUT2D eigenvalue weighted by atomic mass is 10.3. The normalized spacial score (nSPS) is 16.1. The summed E-state index contributed by atoms with van der Waals surface area (Å²) < 4.78 is 26.7. The maximum Gasteiger partial charge on any atom is 0.104 e. The summed E-state index contributed by atoms with van der Waals surface area (Å²) in [4.78, 5) is 0. The molecule has 0 saturated heterocycles. The zero-order chi connectivity index (χ0) is 15.2. The van der Waals surface area contributed by atoms with Gasteiger partial charge in [-0.05, 0) is 20.3 Å². The van der Waals surface area contributed by atoms with E-state index in [9.17, 15) is 0 Å². The molecule has 0 aliphatic heterocycles. The van der Waals surface area contributed by atoms with Crippen LogP contribution in [0.15, 0.2) is 0 Å². The van der Waals surface area contributed by atoms with Crippen LogP contribution in [-0.2, 0) is 23.7 Å². The zero-order valence-electron chi connectivity index (χ0n) is 13.2. The van der Waals surface area contributed by atoms with Crippen LogP contribution in [0.3, 0.4) is 0 Å². The highest BCUT2D eigenvalue weighted by Gasteiger charge is 2.12. The molecule has 0 fully saturated rings. The van der Waals surface area contributed by atoms with E-state index in [2.05, 4.69) is 0 Å². The van der Waals surface area contributed by atoms with E-state index >= 15 is 0 Å². The molecule has 0 radical (unpaired) electrons. The van der Waals surface area contributed by atoms with Crippen LogP contribution in [0, 0.1) is 0 Å². The largest absolute Gasteiger partial charge is 0.394 e. The molecule has 0 aromatic heterocycles. The minimum Gasteiger partial charge on any atom is -0.394 e. The van der Waals surface area contributed by atoms with Gasteiger partial charge >= 0.3 is 0 Å². The third kappa shape index (κ3) is 11.6. The average molecular weight is 294 g/mol. The van der Waals surface area contributed by atoms with Crippen LogP contribution in [0.25, 0.3) is 0 Å². The molecule has 0 aromatic carbocycles. The zero-order valence-corrected chi connectivity index (χ0v) is 13.2. The van der Waals surface area contributed by atoms with Gasteiger partial charge < -0.3 is 28.8 Å². The number of aliphatic hydroxyl groups is 1. The molecule has 0 aliphatic rings. The molecule has 3 atom stereocenters. The minimum atomic E-state index is -0.164. The average Bonchev–Trinajstić information content (AvgIpc) is 2.47. The summed E-state index contributed by atoms with van der Waals surface area (Å²) in [7, 11) is 3.31. The van der Waals surface area contributed by atoms with E-state index in [1.807, 2.05) is 13.8 Å². The molecule has 20 heavy (non-hydrogen) atoms. The van der Waals surface area contributed by atoms with Crippen LogP contribution >= 0.6 is 0 Å². The summed E-state index contributed by atoms with van der Waals surface area (Å²) in [6.07, 6.45) is 0.575. The molecule has 122 valence electrons. The third-order valence-corrected chi connectivity index (χ3v) is 2.71. The summed E-state index contributed by atoms with van der Waals surface area (Å²) in [6, 6.07) is 0. The Hall–Kier alpha value is -0.240. The highest BCUT2D eigenvalue weighted by atomic mass is 16.6. The van der Waals surface area contributed by atoms with Gasteiger partial charge in [0.25, 0.3) is 0 Å². The van der Waals surface area contributed by atoms with Crippen LogP contribution in [0.5, 0.6) is 0 Å². The Morgan fingerprint density at radius 3 is 2.20 bits per heavy atom. The predicted molar refractivity (Wildman–Crippen MR) is 76.0 cm³/mol. The van der Waals surface area contributed by atoms with E-state index in [0.717, 1.165) is 6.42 Å². The molecule has 1 N–H and O–H groups in total. The van der Waals surface area contributed by atoms with Crippen molar-refractivity contribution in [3.63, 3.8) is 0 Å². The molecule has 0 rings (SSSR count). The molecule has 0 aromatic rings. The van der Waals surface area contributed by atoms with Crippen molar-refractivity contribution < 1.29 is 28.8 Å². The molecule has 6 nitrogen and oxygen atoms in total. The van der Waals surface area contributed by atoms with Crippen molar-refractivity contribution in [3.8, 4) is 0 Å². The van der Waals surface area contributed by atoms with E-state index in [0.29, 0.717) is 33.0 Å². The number of aliphatic hydroxyl groups excluding tert-OH is 1. The fraction of sp³-hybridized carbons (Fsp3) is 1.00. The summed E-state index contributed by atoms with van der Waals surface area (Å²) in [6.45, 7) is 6.52. The summed E-state index contributed by atoms with van der Waals surface area (Å²) >= 11 is 0. The second-order valence-corrected chi connectivity index (χ2v) is 4.75. The molecule has 0 bridgehead atoms. The van der Waals surface area contributed by atoms with Crippen molar-refractivity contribution in [2.24, 2.45) is 0 Å². The van der Waals surface area contributed by atoms with Crippen molar-refractivity contribution in [1.82, 2.24) is 0 Å². The fourth-order valence-corrected chi connectivity index (χ4v) is 1.38. The van der Waals surface area contributed by atoms with Gasteiger partial charge in [0.2, 0.25) is 0 Å². The first-order chi connectivity index (χ1) is 9.63. The van der Waals surface area contributed by atoms with Crippen LogP contribution in [-0.4, -0.2) is 77.3 Å². The number of methoxy groups -OCH3 is 2. The molecule has 0 aliphatic carbocycles. The van der Waals surface area contributed by atoms with Crippen LogP contribution in [0.4, 0.5) is 0 Å². The number of hydrogen-bond acceptors (Lipinski definition) is 6. The molecular weight excluding hydrogens is 264 g/mol. The smallest absolute Gasteiger partial charge is 0.104 e. The van der Waals surface area contributed by atoms with Gasteiger partial charge in [-0.15, -0.1) is 0 Å². The molecule has 6 heteroatoms. The maximum atomic E-state index is 8.85. The summed E-state index contributed by atoms with van der Waals surface area (Å²) in [5.74, 6) is 0. The Labute approximate surface area is 122 Å². The van der Waals surface area contributed by atoms with E-state index in [1.165, 1.54) is 0 Å². The second kappa shape index (κ2) is 13.7. The first-order valence-electron chi connectivity index (χ1n) is 7.07. The predicted octanol–water partition coefficient (Wildman–Crippen LogP) is 0.857. The Kier molecular flexibility index (Phi) is 13.6. The Bertz CT molecular complexity index is 202. The van der Waals surface area contributed by atoms with E-state index in [4.69, 9.17) is 28.8 Å². The first kappa shape index (κ1) is 19.8. The van der Waals surface area contributed by atoms with Gasteiger partial charge in [-0.3, -0.25) is 0 Å². The van der Waals surface area contributed by atoms with E-state index in [-0.39, 0.29) is 24.9 Å². The standard InChI is InChI=1S/C14H30O6/c1-12(8-15)19-9-13(2)20-11-14(17-4)10-18-7-5-6-16-3/h12-15H,5-11H2,1-4H3. The van der Waals surface area contributed by atoms with Crippen LogP contribution in [0.2, 0.25) is 0 Å². The Balaban J connectivity index is 3.61. The lowest BCUT2D eigenvalue weighted by molar-refractivity contribution is -0.0872. The lowest BCUT2D eigenvalue weighted by Gasteiger charge is -2.20. The van der Waals surface area contributed by atoms with E-state index in [1.54, 1.807) is 14.2 Å². The molecule has 0 spiro atoms. The third-order valence-electron chi connectivity index (χ3n) is 2.71. The molecule has 0 saturated carbocycles. The topological polar surface area (TPSA) is 66.4 Å².